The van der Waals surface area contributed by atoms with Crippen molar-refractivity contribution in [3.05, 3.63) is 34.9 Å². The minimum Gasteiger partial charge on any atom is -0.381 e. The van der Waals surface area contributed by atoms with Crippen LogP contribution in [0.25, 0.3) is 0 Å². The van der Waals surface area contributed by atoms with Crippen molar-refractivity contribution in [2.24, 2.45) is 5.92 Å². The van der Waals surface area contributed by atoms with Crippen molar-refractivity contribution in [3.8, 4) is 0 Å². The molecular weight excluding hydrogens is 234 g/mol. The Kier molecular flexibility index (Phi) is 7.25. The van der Waals surface area contributed by atoms with Gasteiger partial charge in [0.25, 0.3) is 0 Å². The van der Waals surface area contributed by atoms with Crippen molar-refractivity contribution < 1.29 is 4.74 Å². The Morgan fingerprint density at radius 2 is 2.18 bits per heavy atom. The normalized spacial score (nSPS) is 11.1. The van der Waals surface area contributed by atoms with E-state index in [2.05, 4.69) is 25.2 Å². The Morgan fingerprint density at radius 1 is 1.35 bits per heavy atom. The van der Waals surface area contributed by atoms with Crippen molar-refractivity contribution in [2.45, 2.75) is 26.8 Å². The molecule has 1 aromatic carbocycles. The van der Waals surface area contributed by atoms with Crippen LogP contribution in [0, 0.1) is 5.92 Å². The summed E-state index contributed by atoms with van der Waals surface area (Å²) in [5.74, 6) is 0.620. The van der Waals surface area contributed by atoms with Crippen LogP contribution < -0.4 is 5.32 Å². The van der Waals surface area contributed by atoms with Crippen molar-refractivity contribution >= 4 is 11.6 Å². The number of benzene rings is 1. The molecular formula is C14H22ClNO. The van der Waals surface area contributed by atoms with Crippen molar-refractivity contribution in [1.29, 1.82) is 0 Å². The van der Waals surface area contributed by atoms with Gasteiger partial charge in [-0.25, -0.2) is 0 Å². The van der Waals surface area contributed by atoms with E-state index in [9.17, 15) is 0 Å². The quantitative estimate of drug-likeness (QED) is 0.718. The molecule has 96 valence electrons. The molecule has 0 aliphatic carbocycles. The van der Waals surface area contributed by atoms with Gasteiger partial charge < -0.3 is 10.1 Å². The van der Waals surface area contributed by atoms with Crippen LogP contribution in [0.3, 0.4) is 0 Å². The molecule has 1 N–H and O–H groups in total. The third kappa shape index (κ3) is 7.37. The van der Waals surface area contributed by atoms with Crippen LogP contribution in [0.4, 0.5) is 0 Å². The molecule has 17 heavy (non-hydrogen) atoms. The first-order chi connectivity index (χ1) is 8.18. The SMILES string of the molecule is CC(C)COCCCNCc1cccc(Cl)c1. The maximum Gasteiger partial charge on any atom is 0.0489 e. The fraction of sp³-hybridized carbons (Fsp3) is 0.571. The fourth-order valence-electron chi connectivity index (χ4n) is 1.50. The molecule has 0 aliphatic heterocycles. The average molecular weight is 256 g/mol. The highest BCUT2D eigenvalue weighted by Crippen LogP contribution is 2.10. The van der Waals surface area contributed by atoms with Gasteiger partial charge in [0.2, 0.25) is 0 Å². The van der Waals surface area contributed by atoms with Gasteiger partial charge in [-0.05, 0) is 36.6 Å². The summed E-state index contributed by atoms with van der Waals surface area (Å²) in [6, 6.07) is 7.94. The number of hydrogen-bond donors (Lipinski definition) is 1. The first-order valence-corrected chi connectivity index (χ1v) is 6.59. The van der Waals surface area contributed by atoms with Gasteiger partial charge in [-0.2, -0.15) is 0 Å². The Morgan fingerprint density at radius 3 is 2.88 bits per heavy atom. The summed E-state index contributed by atoms with van der Waals surface area (Å²) < 4.78 is 5.51. The lowest BCUT2D eigenvalue weighted by atomic mass is 10.2. The lowest BCUT2D eigenvalue weighted by Crippen LogP contribution is -2.16. The third-order valence-electron chi connectivity index (χ3n) is 2.31. The second-order valence-corrected chi connectivity index (χ2v) is 5.07. The van der Waals surface area contributed by atoms with Crippen LogP contribution in [-0.2, 0) is 11.3 Å². The summed E-state index contributed by atoms with van der Waals surface area (Å²) in [5, 5.41) is 4.17. The Hall–Kier alpha value is -0.570. The molecule has 0 heterocycles. The van der Waals surface area contributed by atoms with Gasteiger partial charge in [-0.1, -0.05) is 37.6 Å². The summed E-state index contributed by atoms with van der Waals surface area (Å²) in [7, 11) is 0. The van der Waals surface area contributed by atoms with Crippen molar-refractivity contribution in [2.75, 3.05) is 19.8 Å². The van der Waals surface area contributed by atoms with E-state index in [0.29, 0.717) is 5.92 Å². The van der Waals surface area contributed by atoms with E-state index >= 15 is 0 Å². The predicted octanol–water partition coefficient (Wildman–Crippen LogP) is 3.49. The Bertz CT molecular complexity index is 315. The summed E-state index contributed by atoms with van der Waals surface area (Å²) >= 11 is 5.91. The molecule has 0 atom stereocenters. The van der Waals surface area contributed by atoms with E-state index in [1.807, 2.05) is 18.2 Å². The van der Waals surface area contributed by atoms with E-state index in [-0.39, 0.29) is 0 Å². The van der Waals surface area contributed by atoms with Gasteiger partial charge >= 0.3 is 0 Å². The first-order valence-electron chi connectivity index (χ1n) is 6.21. The monoisotopic (exact) mass is 255 g/mol. The minimum atomic E-state index is 0.620. The second-order valence-electron chi connectivity index (χ2n) is 4.63. The second kappa shape index (κ2) is 8.51. The topological polar surface area (TPSA) is 21.3 Å². The van der Waals surface area contributed by atoms with E-state index in [0.717, 1.165) is 37.7 Å². The van der Waals surface area contributed by atoms with E-state index in [1.165, 1.54) is 5.56 Å². The van der Waals surface area contributed by atoms with Crippen LogP contribution >= 0.6 is 11.6 Å². The Balaban J connectivity index is 2.01. The molecule has 0 amide bonds. The van der Waals surface area contributed by atoms with Gasteiger partial charge in [0.15, 0.2) is 0 Å². The molecule has 0 spiro atoms. The van der Waals surface area contributed by atoms with Gasteiger partial charge in [0, 0.05) is 24.8 Å². The highest BCUT2D eigenvalue weighted by atomic mass is 35.5. The molecule has 0 aromatic heterocycles. The summed E-state index contributed by atoms with van der Waals surface area (Å²) in [6.45, 7) is 7.86. The maximum atomic E-state index is 5.91. The van der Waals surface area contributed by atoms with Crippen LogP contribution in [0.2, 0.25) is 5.02 Å². The number of halogens is 1. The fourth-order valence-corrected chi connectivity index (χ4v) is 1.71. The highest BCUT2D eigenvalue weighted by Gasteiger charge is 1.95. The predicted molar refractivity (Wildman–Crippen MR) is 73.4 cm³/mol. The van der Waals surface area contributed by atoms with Crippen molar-refractivity contribution in [1.82, 2.24) is 5.32 Å². The summed E-state index contributed by atoms with van der Waals surface area (Å²) in [5.41, 5.74) is 1.22. The van der Waals surface area contributed by atoms with Gasteiger partial charge in [0.1, 0.15) is 0 Å². The van der Waals surface area contributed by atoms with Crippen LogP contribution in [0.15, 0.2) is 24.3 Å². The molecule has 2 nitrogen and oxygen atoms in total. The summed E-state index contributed by atoms with van der Waals surface area (Å²) in [6.07, 6.45) is 1.05. The number of nitrogens with one attached hydrogen (secondary N) is 1. The molecule has 1 rings (SSSR count). The molecule has 0 radical (unpaired) electrons. The van der Waals surface area contributed by atoms with Gasteiger partial charge in [-0.3, -0.25) is 0 Å². The number of rotatable bonds is 8. The third-order valence-corrected chi connectivity index (χ3v) is 2.55. The van der Waals surface area contributed by atoms with Gasteiger partial charge in [-0.15, -0.1) is 0 Å². The standard InChI is InChI=1S/C14H22ClNO/c1-12(2)11-17-8-4-7-16-10-13-5-3-6-14(15)9-13/h3,5-6,9,12,16H,4,7-8,10-11H2,1-2H3. The van der Waals surface area contributed by atoms with Gasteiger partial charge in [0.05, 0.1) is 0 Å². The largest absolute Gasteiger partial charge is 0.381 e. The maximum absolute atomic E-state index is 5.91. The van der Waals surface area contributed by atoms with E-state index in [1.54, 1.807) is 0 Å². The lowest BCUT2D eigenvalue weighted by molar-refractivity contribution is 0.108. The first kappa shape index (κ1) is 14.5. The molecule has 0 aliphatic rings. The zero-order chi connectivity index (χ0) is 12.5. The van der Waals surface area contributed by atoms with Crippen molar-refractivity contribution in [3.63, 3.8) is 0 Å². The van der Waals surface area contributed by atoms with E-state index < -0.39 is 0 Å². The lowest BCUT2D eigenvalue weighted by Gasteiger charge is -2.07. The summed E-state index contributed by atoms with van der Waals surface area (Å²) in [4.78, 5) is 0. The van der Waals surface area contributed by atoms with Crippen LogP contribution in [0.5, 0.6) is 0 Å². The highest BCUT2D eigenvalue weighted by molar-refractivity contribution is 6.30. The molecule has 0 fully saturated rings. The molecule has 0 unspecified atom stereocenters. The molecule has 3 heteroatoms. The van der Waals surface area contributed by atoms with E-state index in [4.69, 9.17) is 16.3 Å². The smallest absolute Gasteiger partial charge is 0.0489 e. The number of hydrogen-bond acceptors (Lipinski definition) is 2. The molecule has 0 bridgehead atoms. The van der Waals surface area contributed by atoms with Crippen LogP contribution in [0.1, 0.15) is 25.8 Å². The molecule has 0 saturated heterocycles. The van der Waals surface area contributed by atoms with Crippen LogP contribution in [-0.4, -0.2) is 19.8 Å². The number of ether oxygens (including phenoxy) is 1. The minimum absolute atomic E-state index is 0.620. The zero-order valence-corrected chi connectivity index (χ0v) is 11.5. The Labute approximate surface area is 109 Å². The molecule has 1 aromatic rings. The molecule has 0 saturated carbocycles. The average Bonchev–Trinajstić information content (AvgIpc) is 2.27. The zero-order valence-electron chi connectivity index (χ0n) is 10.7.